The highest BCUT2D eigenvalue weighted by molar-refractivity contribution is 5.85. The number of hydrogen-bond acceptors (Lipinski definition) is 2. The normalized spacial score (nSPS) is 10.8. The van der Waals surface area contributed by atoms with Crippen molar-refractivity contribution in [1.82, 2.24) is 9.13 Å². The minimum atomic E-state index is 0. The van der Waals surface area contributed by atoms with Crippen molar-refractivity contribution in [3.05, 3.63) is 29.9 Å². The Labute approximate surface area is 132 Å². The number of benzene rings is 1. The van der Waals surface area contributed by atoms with Crippen LogP contribution in [0.4, 0.5) is 0 Å². The standard InChI is InChI=1S/C16H25N3O.ClH/c1-3-4-5-6-9-12-20-13-19-15-11-8-7-10-14(15)18(2)16(19)17;/h7-8,10-11,17H,3-6,9,12-13H2,1-2H3;1H. The molecule has 1 aromatic heterocycles. The lowest BCUT2D eigenvalue weighted by Crippen LogP contribution is -2.23. The minimum absolute atomic E-state index is 0. The van der Waals surface area contributed by atoms with E-state index in [0.29, 0.717) is 12.3 Å². The van der Waals surface area contributed by atoms with Gasteiger partial charge < -0.3 is 9.30 Å². The van der Waals surface area contributed by atoms with E-state index in [4.69, 9.17) is 10.1 Å². The van der Waals surface area contributed by atoms with Gasteiger partial charge >= 0.3 is 0 Å². The van der Waals surface area contributed by atoms with Crippen LogP contribution in [-0.2, 0) is 18.5 Å². The lowest BCUT2D eigenvalue weighted by Gasteiger charge is -2.06. The molecule has 1 N–H and O–H groups in total. The second-order valence-corrected chi connectivity index (χ2v) is 5.25. The van der Waals surface area contributed by atoms with Crippen molar-refractivity contribution in [1.29, 1.82) is 5.41 Å². The summed E-state index contributed by atoms with van der Waals surface area (Å²) in [6.07, 6.45) is 6.23. The first-order valence-electron chi connectivity index (χ1n) is 7.52. The molecule has 5 heteroatoms. The van der Waals surface area contributed by atoms with Gasteiger partial charge in [-0.1, -0.05) is 44.7 Å². The summed E-state index contributed by atoms with van der Waals surface area (Å²) in [5.41, 5.74) is 2.62. The van der Waals surface area contributed by atoms with Gasteiger partial charge in [0.15, 0.2) is 0 Å². The summed E-state index contributed by atoms with van der Waals surface area (Å²) in [4.78, 5) is 0. The minimum Gasteiger partial charge on any atom is -0.361 e. The Kier molecular flexibility index (Phi) is 7.54. The third kappa shape index (κ3) is 4.35. The first-order valence-corrected chi connectivity index (χ1v) is 7.52. The summed E-state index contributed by atoms with van der Waals surface area (Å²) >= 11 is 0. The van der Waals surface area contributed by atoms with Gasteiger partial charge in [-0.2, -0.15) is 0 Å². The van der Waals surface area contributed by atoms with E-state index in [9.17, 15) is 0 Å². The average Bonchev–Trinajstić information content (AvgIpc) is 2.71. The summed E-state index contributed by atoms with van der Waals surface area (Å²) in [6.45, 7) is 3.47. The molecule has 0 aliphatic carbocycles. The molecule has 21 heavy (non-hydrogen) atoms. The molecule has 0 saturated heterocycles. The summed E-state index contributed by atoms with van der Waals surface area (Å²) in [5, 5.41) is 8.14. The van der Waals surface area contributed by atoms with Crippen molar-refractivity contribution >= 4 is 23.4 Å². The smallest absolute Gasteiger partial charge is 0.204 e. The fraction of sp³-hybridized carbons (Fsp3) is 0.562. The van der Waals surface area contributed by atoms with Crippen LogP contribution in [0.2, 0.25) is 0 Å². The van der Waals surface area contributed by atoms with Crippen LogP contribution in [0, 0.1) is 5.41 Å². The van der Waals surface area contributed by atoms with Crippen molar-refractivity contribution in [3.8, 4) is 0 Å². The quantitative estimate of drug-likeness (QED) is 0.740. The van der Waals surface area contributed by atoms with Gasteiger partial charge in [0.05, 0.1) is 11.0 Å². The maximum absolute atomic E-state index is 8.14. The molecular formula is C16H26ClN3O. The maximum Gasteiger partial charge on any atom is 0.204 e. The Morgan fingerprint density at radius 2 is 1.71 bits per heavy atom. The van der Waals surface area contributed by atoms with E-state index in [-0.39, 0.29) is 12.4 Å². The van der Waals surface area contributed by atoms with Gasteiger partial charge in [-0.15, -0.1) is 12.4 Å². The van der Waals surface area contributed by atoms with E-state index >= 15 is 0 Å². The number of para-hydroxylation sites is 2. The third-order valence-electron chi connectivity index (χ3n) is 3.72. The number of imidazole rings is 1. The van der Waals surface area contributed by atoms with Crippen LogP contribution < -0.4 is 5.62 Å². The molecule has 0 saturated carbocycles. The van der Waals surface area contributed by atoms with Crippen LogP contribution in [0.5, 0.6) is 0 Å². The topological polar surface area (TPSA) is 42.9 Å². The molecule has 0 unspecified atom stereocenters. The lowest BCUT2D eigenvalue weighted by atomic mass is 10.2. The first-order chi connectivity index (χ1) is 9.75. The molecule has 0 radical (unpaired) electrons. The molecule has 0 bridgehead atoms. The zero-order valence-corrected chi connectivity index (χ0v) is 13.8. The van der Waals surface area contributed by atoms with Gasteiger partial charge in [-0.25, -0.2) is 0 Å². The monoisotopic (exact) mass is 311 g/mol. The molecule has 0 amide bonds. The number of unbranched alkanes of at least 4 members (excludes halogenated alkanes) is 4. The highest BCUT2D eigenvalue weighted by Gasteiger charge is 2.06. The van der Waals surface area contributed by atoms with Crippen molar-refractivity contribution in [2.24, 2.45) is 7.05 Å². The molecule has 0 spiro atoms. The Morgan fingerprint density at radius 3 is 2.43 bits per heavy atom. The second-order valence-electron chi connectivity index (χ2n) is 5.25. The van der Waals surface area contributed by atoms with Gasteiger partial charge in [-0.3, -0.25) is 9.98 Å². The van der Waals surface area contributed by atoms with Crippen LogP contribution >= 0.6 is 12.4 Å². The van der Waals surface area contributed by atoms with Crippen LogP contribution in [0.3, 0.4) is 0 Å². The van der Waals surface area contributed by atoms with Gasteiger partial charge in [0.2, 0.25) is 5.62 Å². The van der Waals surface area contributed by atoms with E-state index in [1.165, 1.54) is 25.7 Å². The summed E-state index contributed by atoms with van der Waals surface area (Å²) < 4.78 is 9.54. The van der Waals surface area contributed by atoms with Crippen molar-refractivity contribution in [3.63, 3.8) is 0 Å². The highest BCUT2D eigenvalue weighted by atomic mass is 35.5. The molecule has 1 aromatic carbocycles. The second kappa shape index (κ2) is 8.90. The summed E-state index contributed by atoms with van der Waals surface area (Å²) in [6, 6.07) is 8.08. The van der Waals surface area contributed by atoms with Gasteiger partial charge in [0, 0.05) is 13.7 Å². The molecule has 0 fully saturated rings. The van der Waals surface area contributed by atoms with Crippen LogP contribution in [-0.4, -0.2) is 15.7 Å². The van der Waals surface area contributed by atoms with E-state index in [1.54, 1.807) is 0 Å². The first kappa shape index (κ1) is 17.8. The molecule has 2 aromatic rings. The molecule has 0 aliphatic rings. The summed E-state index contributed by atoms with van der Waals surface area (Å²) in [5.74, 6) is 0. The number of rotatable bonds is 8. The van der Waals surface area contributed by atoms with E-state index in [2.05, 4.69) is 6.92 Å². The Bertz CT molecular complexity index is 603. The van der Waals surface area contributed by atoms with Crippen LogP contribution in [0.1, 0.15) is 39.0 Å². The van der Waals surface area contributed by atoms with E-state index in [0.717, 1.165) is 24.1 Å². The van der Waals surface area contributed by atoms with Crippen molar-refractivity contribution in [2.75, 3.05) is 6.61 Å². The average molecular weight is 312 g/mol. The Balaban J connectivity index is 0.00000220. The molecule has 4 nitrogen and oxygen atoms in total. The molecule has 118 valence electrons. The fourth-order valence-electron chi connectivity index (χ4n) is 2.48. The van der Waals surface area contributed by atoms with Gasteiger partial charge in [0.1, 0.15) is 6.73 Å². The molecule has 0 aliphatic heterocycles. The summed E-state index contributed by atoms with van der Waals surface area (Å²) in [7, 11) is 1.92. The lowest BCUT2D eigenvalue weighted by molar-refractivity contribution is 0.0731. The largest absolute Gasteiger partial charge is 0.361 e. The molecule has 0 atom stereocenters. The predicted octanol–water partition coefficient (Wildman–Crippen LogP) is 3.83. The maximum atomic E-state index is 8.14. The number of aromatic nitrogens is 2. The van der Waals surface area contributed by atoms with Crippen molar-refractivity contribution < 1.29 is 4.74 Å². The Hall–Kier alpha value is -1.26. The molecular weight excluding hydrogens is 286 g/mol. The fourth-order valence-corrected chi connectivity index (χ4v) is 2.48. The number of ether oxygens (including phenoxy) is 1. The van der Waals surface area contributed by atoms with Crippen LogP contribution in [0.15, 0.2) is 24.3 Å². The zero-order chi connectivity index (χ0) is 14.4. The number of halogens is 1. The highest BCUT2D eigenvalue weighted by Crippen LogP contribution is 2.11. The van der Waals surface area contributed by atoms with E-state index < -0.39 is 0 Å². The Morgan fingerprint density at radius 1 is 1.05 bits per heavy atom. The third-order valence-corrected chi connectivity index (χ3v) is 3.72. The number of nitrogens with zero attached hydrogens (tertiary/aromatic N) is 2. The number of fused-ring (bicyclic) bond motifs is 1. The SMILES string of the molecule is CCCCCCCOCn1c(=N)n(C)c2ccccc21.Cl. The number of aryl methyl sites for hydroxylation is 1. The molecule has 2 rings (SSSR count). The van der Waals surface area contributed by atoms with E-state index in [1.807, 2.05) is 40.4 Å². The zero-order valence-electron chi connectivity index (χ0n) is 13.0. The number of hydrogen-bond donors (Lipinski definition) is 1. The van der Waals surface area contributed by atoms with Gasteiger partial charge in [-0.05, 0) is 18.6 Å². The van der Waals surface area contributed by atoms with Crippen molar-refractivity contribution in [2.45, 2.75) is 45.8 Å². The number of nitrogens with one attached hydrogen (secondary N) is 1. The van der Waals surface area contributed by atoms with Crippen LogP contribution in [0.25, 0.3) is 11.0 Å². The predicted molar refractivity (Wildman–Crippen MR) is 88.7 cm³/mol. The molecule has 1 heterocycles. The van der Waals surface area contributed by atoms with Gasteiger partial charge in [0.25, 0.3) is 0 Å².